The monoisotopic (exact) mass is 281 g/mol. The number of benzene rings is 1. The van der Waals surface area contributed by atoms with E-state index in [4.69, 9.17) is 21.1 Å². The smallest absolute Gasteiger partial charge is 0.125 e. The Hall–Kier alpha value is -0.770. The van der Waals surface area contributed by atoms with Gasteiger partial charge >= 0.3 is 0 Å². The van der Waals surface area contributed by atoms with E-state index in [0.717, 1.165) is 42.3 Å². The Morgan fingerprint density at radius 3 is 2.95 bits per heavy atom. The van der Waals surface area contributed by atoms with Crippen LogP contribution >= 0.6 is 11.6 Å². The molecule has 2 aliphatic rings. The quantitative estimate of drug-likeness (QED) is 0.899. The van der Waals surface area contributed by atoms with E-state index in [0.29, 0.717) is 12.6 Å². The van der Waals surface area contributed by atoms with Crippen LogP contribution in [0.15, 0.2) is 18.2 Å². The summed E-state index contributed by atoms with van der Waals surface area (Å²) in [7, 11) is 0. The van der Waals surface area contributed by atoms with E-state index in [9.17, 15) is 0 Å². The van der Waals surface area contributed by atoms with Gasteiger partial charge in [-0.25, -0.2) is 0 Å². The van der Waals surface area contributed by atoms with Crippen LogP contribution in [0.5, 0.6) is 5.75 Å². The number of halogens is 1. The zero-order chi connectivity index (χ0) is 13.1. The van der Waals surface area contributed by atoms with Gasteiger partial charge in [0.1, 0.15) is 11.9 Å². The second-order valence-electron chi connectivity index (χ2n) is 5.33. The number of rotatable bonds is 5. The molecule has 4 heteroatoms. The zero-order valence-corrected chi connectivity index (χ0v) is 11.8. The van der Waals surface area contributed by atoms with Crippen LogP contribution in [0.3, 0.4) is 0 Å². The molecular formula is C15H20ClNO2. The summed E-state index contributed by atoms with van der Waals surface area (Å²) in [5, 5.41) is 4.28. The van der Waals surface area contributed by atoms with Crippen molar-refractivity contribution >= 4 is 11.6 Å². The first kappa shape index (κ1) is 13.2. The molecule has 0 spiro atoms. The van der Waals surface area contributed by atoms with E-state index < -0.39 is 0 Å². The third-order valence-electron chi connectivity index (χ3n) is 3.63. The van der Waals surface area contributed by atoms with E-state index in [2.05, 4.69) is 5.32 Å². The molecule has 2 fully saturated rings. The average Bonchev–Trinajstić information content (AvgIpc) is 3.23. The fourth-order valence-corrected chi connectivity index (χ4v) is 2.57. The Balaban J connectivity index is 1.68. The molecule has 0 aromatic heterocycles. The lowest BCUT2D eigenvalue weighted by Gasteiger charge is -2.25. The van der Waals surface area contributed by atoms with Crippen LogP contribution in [0.25, 0.3) is 0 Å². The molecule has 1 aliphatic carbocycles. The Kier molecular flexibility index (Phi) is 4.26. The third kappa shape index (κ3) is 3.62. The lowest BCUT2D eigenvalue weighted by molar-refractivity contribution is 0.00701. The molecule has 1 unspecified atom stereocenters. The van der Waals surface area contributed by atoms with E-state index >= 15 is 0 Å². The van der Waals surface area contributed by atoms with Crippen LogP contribution in [0.4, 0.5) is 0 Å². The molecule has 1 heterocycles. The molecule has 0 amide bonds. The summed E-state index contributed by atoms with van der Waals surface area (Å²) in [5.74, 6) is 0.899. The van der Waals surface area contributed by atoms with Crippen LogP contribution in [0.1, 0.15) is 31.2 Å². The van der Waals surface area contributed by atoms with Crippen LogP contribution in [-0.2, 0) is 11.3 Å². The van der Waals surface area contributed by atoms with Gasteiger partial charge in [0.25, 0.3) is 0 Å². The first-order valence-corrected chi connectivity index (χ1v) is 7.46. The van der Waals surface area contributed by atoms with Gasteiger partial charge in [-0.3, -0.25) is 0 Å². The molecule has 3 rings (SSSR count). The summed E-state index contributed by atoms with van der Waals surface area (Å²) in [6.07, 6.45) is 4.84. The van der Waals surface area contributed by atoms with Gasteiger partial charge in [0.15, 0.2) is 0 Å². The van der Waals surface area contributed by atoms with Gasteiger partial charge in [0.05, 0.1) is 6.61 Å². The van der Waals surface area contributed by atoms with Gasteiger partial charge in [0, 0.05) is 29.8 Å². The second-order valence-corrected chi connectivity index (χ2v) is 5.74. The van der Waals surface area contributed by atoms with Crippen LogP contribution < -0.4 is 10.1 Å². The molecule has 1 N–H and O–H groups in total. The molecule has 0 radical (unpaired) electrons. The van der Waals surface area contributed by atoms with Crippen molar-refractivity contribution in [1.82, 2.24) is 5.32 Å². The average molecular weight is 282 g/mol. The summed E-state index contributed by atoms with van der Waals surface area (Å²) in [5.41, 5.74) is 1.07. The third-order valence-corrected chi connectivity index (χ3v) is 3.99. The van der Waals surface area contributed by atoms with E-state index in [-0.39, 0.29) is 6.10 Å². The SMILES string of the molecule is Clc1cccc(OC2CCCOC2)c1CNC1CC1. The fraction of sp³-hybridized carbons (Fsp3) is 0.600. The van der Waals surface area contributed by atoms with E-state index in [1.54, 1.807) is 0 Å². The molecule has 1 saturated carbocycles. The zero-order valence-electron chi connectivity index (χ0n) is 11.0. The summed E-state index contributed by atoms with van der Waals surface area (Å²) < 4.78 is 11.5. The Morgan fingerprint density at radius 1 is 1.32 bits per heavy atom. The van der Waals surface area contributed by atoms with Gasteiger partial charge < -0.3 is 14.8 Å². The van der Waals surface area contributed by atoms with Gasteiger partial charge in [0.2, 0.25) is 0 Å². The maximum atomic E-state index is 6.30. The first-order valence-electron chi connectivity index (χ1n) is 7.08. The minimum Gasteiger partial charge on any atom is -0.488 e. The molecule has 3 nitrogen and oxygen atoms in total. The summed E-state index contributed by atoms with van der Waals surface area (Å²) in [6.45, 7) is 2.32. The lowest BCUT2D eigenvalue weighted by atomic mass is 10.1. The fourth-order valence-electron chi connectivity index (χ4n) is 2.34. The van der Waals surface area contributed by atoms with Crippen molar-refractivity contribution in [2.24, 2.45) is 0 Å². The topological polar surface area (TPSA) is 30.5 Å². The van der Waals surface area contributed by atoms with Crippen LogP contribution in [0, 0.1) is 0 Å². The molecule has 0 bridgehead atoms. The lowest BCUT2D eigenvalue weighted by Crippen LogP contribution is -2.28. The van der Waals surface area contributed by atoms with Crippen molar-refractivity contribution < 1.29 is 9.47 Å². The number of hydrogen-bond acceptors (Lipinski definition) is 3. The van der Waals surface area contributed by atoms with Crippen LogP contribution in [-0.4, -0.2) is 25.4 Å². The van der Waals surface area contributed by atoms with Crippen molar-refractivity contribution in [3.05, 3.63) is 28.8 Å². The predicted octanol–water partition coefficient (Wildman–Crippen LogP) is 3.15. The number of ether oxygens (including phenoxy) is 2. The van der Waals surface area contributed by atoms with Gasteiger partial charge in [-0.2, -0.15) is 0 Å². The van der Waals surface area contributed by atoms with E-state index in [1.807, 2.05) is 18.2 Å². The van der Waals surface area contributed by atoms with Crippen molar-refractivity contribution in [2.75, 3.05) is 13.2 Å². The second kappa shape index (κ2) is 6.12. The molecule has 1 aliphatic heterocycles. The predicted molar refractivity (Wildman–Crippen MR) is 75.8 cm³/mol. The van der Waals surface area contributed by atoms with Crippen molar-refractivity contribution in [1.29, 1.82) is 0 Å². The van der Waals surface area contributed by atoms with Gasteiger partial charge in [-0.1, -0.05) is 17.7 Å². The van der Waals surface area contributed by atoms with Crippen molar-refractivity contribution in [2.45, 2.75) is 44.4 Å². The minimum absolute atomic E-state index is 0.159. The molecule has 1 atom stereocenters. The van der Waals surface area contributed by atoms with Gasteiger partial charge in [-0.05, 0) is 37.8 Å². The normalized spacial score (nSPS) is 23.3. The minimum atomic E-state index is 0.159. The molecule has 1 aromatic rings. The molecule has 19 heavy (non-hydrogen) atoms. The highest BCUT2D eigenvalue weighted by Crippen LogP contribution is 2.29. The highest BCUT2D eigenvalue weighted by Gasteiger charge is 2.22. The Bertz CT molecular complexity index is 428. The highest BCUT2D eigenvalue weighted by atomic mass is 35.5. The van der Waals surface area contributed by atoms with Crippen molar-refractivity contribution in [3.8, 4) is 5.75 Å². The Morgan fingerprint density at radius 2 is 2.21 bits per heavy atom. The van der Waals surface area contributed by atoms with E-state index in [1.165, 1.54) is 12.8 Å². The number of hydrogen-bond donors (Lipinski definition) is 1. The molecule has 1 aromatic carbocycles. The molecule has 1 saturated heterocycles. The Labute approximate surface area is 119 Å². The van der Waals surface area contributed by atoms with Crippen molar-refractivity contribution in [3.63, 3.8) is 0 Å². The number of nitrogens with one attached hydrogen (secondary N) is 1. The molecule has 104 valence electrons. The summed E-state index contributed by atoms with van der Waals surface area (Å²) in [4.78, 5) is 0. The highest BCUT2D eigenvalue weighted by molar-refractivity contribution is 6.31. The summed E-state index contributed by atoms with van der Waals surface area (Å²) >= 11 is 6.30. The maximum absolute atomic E-state index is 6.30. The molecular weight excluding hydrogens is 262 g/mol. The van der Waals surface area contributed by atoms with Crippen LogP contribution in [0.2, 0.25) is 5.02 Å². The largest absolute Gasteiger partial charge is 0.488 e. The first-order chi connectivity index (χ1) is 9.33. The standard InChI is InChI=1S/C15H20ClNO2/c16-14-4-1-5-15(13(14)9-17-11-6-7-11)19-12-3-2-8-18-10-12/h1,4-5,11-12,17H,2-3,6-10H2. The maximum Gasteiger partial charge on any atom is 0.125 e. The summed E-state index contributed by atoms with van der Waals surface area (Å²) in [6, 6.07) is 6.55. The van der Waals surface area contributed by atoms with Gasteiger partial charge in [-0.15, -0.1) is 0 Å².